The van der Waals surface area contributed by atoms with Crippen LogP contribution in [-0.4, -0.2) is 26.0 Å². The minimum absolute atomic E-state index is 0.0664. The van der Waals surface area contributed by atoms with Crippen molar-refractivity contribution < 1.29 is 15.0 Å². The number of phenolic OH excluding ortho intramolecular Hbond substituents is 1. The summed E-state index contributed by atoms with van der Waals surface area (Å²) >= 11 is 0. The number of rotatable bonds is 3. The summed E-state index contributed by atoms with van der Waals surface area (Å²) in [7, 11) is 0. The number of benzene rings is 1. The Hall–Kier alpha value is -2.56. The van der Waals surface area contributed by atoms with E-state index in [0.717, 1.165) is 0 Å². The van der Waals surface area contributed by atoms with Gasteiger partial charge in [-0.3, -0.25) is 0 Å². The van der Waals surface area contributed by atoms with E-state index < -0.39 is 5.97 Å². The van der Waals surface area contributed by atoms with Crippen LogP contribution in [0.25, 0.3) is 12.3 Å². The van der Waals surface area contributed by atoms with Crippen molar-refractivity contribution in [2.45, 2.75) is 0 Å². The molecule has 17 heavy (non-hydrogen) atoms. The van der Waals surface area contributed by atoms with Gasteiger partial charge in [0, 0.05) is 11.8 Å². The van der Waals surface area contributed by atoms with E-state index in [1.165, 1.54) is 23.1 Å². The number of carboxylic acids is 1. The SMILES string of the molecule is O=C(O)c1ccnn1C=Cc1ccccc1O. The van der Waals surface area contributed by atoms with E-state index in [4.69, 9.17) is 5.11 Å². The van der Waals surface area contributed by atoms with Gasteiger partial charge in [0.15, 0.2) is 5.69 Å². The quantitative estimate of drug-likeness (QED) is 0.844. The maximum absolute atomic E-state index is 10.8. The normalized spacial score (nSPS) is 10.8. The number of hydrogen-bond donors (Lipinski definition) is 2. The summed E-state index contributed by atoms with van der Waals surface area (Å²) in [4.78, 5) is 10.8. The zero-order valence-corrected chi connectivity index (χ0v) is 8.82. The van der Waals surface area contributed by atoms with Crippen molar-refractivity contribution in [3.8, 4) is 5.75 Å². The fraction of sp³-hybridized carbons (Fsp3) is 0. The smallest absolute Gasteiger partial charge is 0.354 e. The molecule has 1 aromatic carbocycles. The first kappa shape index (κ1) is 10.9. The van der Waals surface area contributed by atoms with Crippen molar-refractivity contribution in [2.24, 2.45) is 0 Å². The van der Waals surface area contributed by atoms with Crippen molar-refractivity contribution in [2.75, 3.05) is 0 Å². The molecule has 5 heteroatoms. The lowest BCUT2D eigenvalue weighted by Gasteiger charge is -1.99. The highest BCUT2D eigenvalue weighted by atomic mass is 16.4. The van der Waals surface area contributed by atoms with Crippen LogP contribution in [0.4, 0.5) is 0 Å². The van der Waals surface area contributed by atoms with Crippen LogP contribution < -0.4 is 0 Å². The molecular formula is C12H10N2O3. The number of aromatic nitrogens is 2. The summed E-state index contributed by atoms with van der Waals surface area (Å²) in [6, 6.07) is 8.16. The molecule has 0 bridgehead atoms. The van der Waals surface area contributed by atoms with Gasteiger partial charge in [0.1, 0.15) is 5.75 Å². The second kappa shape index (κ2) is 4.52. The molecule has 2 rings (SSSR count). The van der Waals surface area contributed by atoms with E-state index in [2.05, 4.69) is 5.10 Å². The van der Waals surface area contributed by atoms with Crippen LogP contribution in [0.2, 0.25) is 0 Å². The topological polar surface area (TPSA) is 75.3 Å². The molecule has 2 aromatic rings. The van der Waals surface area contributed by atoms with Crippen molar-refractivity contribution >= 4 is 18.2 Å². The predicted molar refractivity (Wildman–Crippen MR) is 62.5 cm³/mol. The maximum atomic E-state index is 10.8. The lowest BCUT2D eigenvalue weighted by molar-refractivity contribution is 0.0687. The molecule has 5 nitrogen and oxygen atoms in total. The van der Waals surface area contributed by atoms with Gasteiger partial charge < -0.3 is 10.2 Å². The van der Waals surface area contributed by atoms with E-state index in [1.807, 2.05) is 0 Å². The first-order valence-corrected chi connectivity index (χ1v) is 4.91. The molecule has 0 saturated heterocycles. The van der Waals surface area contributed by atoms with Crippen molar-refractivity contribution in [3.63, 3.8) is 0 Å². The summed E-state index contributed by atoms with van der Waals surface area (Å²) in [6.45, 7) is 0. The van der Waals surface area contributed by atoms with E-state index in [0.29, 0.717) is 5.56 Å². The van der Waals surface area contributed by atoms with Gasteiger partial charge in [-0.15, -0.1) is 0 Å². The predicted octanol–water partition coefficient (Wildman–Crippen LogP) is 1.91. The molecule has 1 aromatic heterocycles. The van der Waals surface area contributed by atoms with E-state index in [-0.39, 0.29) is 11.4 Å². The summed E-state index contributed by atoms with van der Waals surface area (Å²) in [6.07, 6.45) is 4.48. The van der Waals surface area contributed by atoms with Crippen molar-refractivity contribution in [3.05, 3.63) is 47.8 Å². The molecule has 2 N–H and O–H groups in total. The van der Waals surface area contributed by atoms with Gasteiger partial charge in [0.2, 0.25) is 0 Å². The Bertz CT molecular complexity index is 573. The zero-order valence-electron chi connectivity index (χ0n) is 8.82. The van der Waals surface area contributed by atoms with Gasteiger partial charge in [-0.2, -0.15) is 5.10 Å². The lowest BCUT2D eigenvalue weighted by Crippen LogP contribution is -2.04. The number of nitrogens with zero attached hydrogens (tertiary/aromatic N) is 2. The molecule has 0 unspecified atom stereocenters. The van der Waals surface area contributed by atoms with Gasteiger partial charge >= 0.3 is 5.97 Å². The molecule has 0 aliphatic carbocycles. The van der Waals surface area contributed by atoms with E-state index >= 15 is 0 Å². The van der Waals surface area contributed by atoms with Crippen LogP contribution in [-0.2, 0) is 0 Å². The Balaban J connectivity index is 2.30. The molecule has 0 atom stereocenters. The molecule has 1 heterocycles. The number of hydrogen-bond acceptors (Lipinski definition) is 3. The van der Waals surface area contributed by atoms with Crippen LogP contribution in [0.1, 0.15) is 16.1 Å². The fourth-order valence-electron chi connectivity index (χ4n) is 1.38. The van der Waals surface area contributed by atoms with Crippen LogP contribution in [0.5, 0.6) is 5.75 Å². The molecule has 0 amide bonds. The van der Waals surface area contributed by atoms with Gasteiger partial charge in [-0.25, -0.2) is 9.48 Å². The first-order valence-electron chi connectivity index (χ1n) is 4.91. The average molecular weight is 230 g/mol. The van der Waals surface area contributed by atoms with Gasteiger partial charge in [0.05, 0.1) is 6.20 Å². The lowest BCUT2D eigenvalue weighted by atomic mass is 10.2. The largest absolute Gasteiger partial charge is 0.507 e. The number of para-hydroxylation sites is 1. The van der Waals surface area contributed by atoms with Crippen LogP contribution in [0, 0.1) is 0 Å². The monoisotopic (exact) mass is 230 g/mol. The van der Waals surface area contributed by atoms with Gasteiger partial charge in [0.25, 0.3) is 0 Å². The third-order valence-electron chi connectivity index (χ3n) is 2.22. The molecule has 0 spiro atoms. The van der Waals surface area contributed by atoms with Gasteiger partial charge in [-0.1, -0.05) is 18.2 Å². The number of carbonyl (C=O) groups is 1. The second-order valence-corrected chi connectivity index (χ2v) is 3.34. The first-order chi connectivity index (χ1) is 8.18. The standard InChI is InChI=1S/C12H10N2O3/c15-11-4-2-1-3-9(11)6-8-14-10(12(16)17)5-7-13-14/h1-8,15H,(H,16,17). The number of carboxylic acid groups (broad SMARTS) is 1. The molecule has 0 aliphatic heterocycles. The third kappa shape index (κ3) is 2.34. The van der Waals surface area contributed by atoms with Crippen molar-refractivity contribution in [1.29, 1.82) is 0 Å². The zero-order chi connectivity index (χ0) is 12.3. The highest BCUT2D eigenvalue weighted by molar-refractivity contribution is 5.86. The molecule has 86 valence electrons. The van der Waals surface area contributed by atoms with Gasteiger partial charge in [-0.05, 0) is 18.2 Å². The second-order valence-electron chi connectivity index (χ2n) is 3.34. The summed E-state index contributed by atoms with van der Waals surface area (Å²) in [5.41, 5.74) is 0.663. The Labute approximate surface area is 97.3 Å². The minimum Gasteiger partial charge on any atom is -0.507 e. The molecule has 0 saturated carbocycles. The number of phenols is 1. The summed E-state index contributed by atoms with van der Waals surface area (Å²) in [5.74, 6) is -0.919. The van der Waals surface area contributed by atoms with Crippen LogP contribution in [0.3, 0.4) is 0 Å². The highest BCUT2D eigenvalue weighted by Gasteiger charge is 2.07. The third-order valence-corrected chi connectivity index (χ3v) is 2.22. The molecule has 0 aliphatic rings. The van der Waals surface area contributed by atoms with E-state index in [1.54, 1.807) is 30.3 Å². The highest BCUT2D eigenvalue weighted by Crippen LogP contribution is 2.17. The Morgan fingerprint density at radius 1 is 1.29 bits per heavy atom. The Morgan fingerprint density at radius 3 is 2.76 bits per heavy atom. The van der Waals surface area contributed by atoms with Crippen LogP contribution in [0.15, 0.2) is 36.5 Å². The number of aromatic carboxylic acids is 1. The van der Waals surface area contributed by atoms with E-state index in [9.17, 15) is 9.90 Å². The molecule has 0 fully saturated rings. The Kier molecular flexibility index (Phi) is 2.91. The summed E-state index contributed by atoms with van der Waals surface area (Å²) in [5, 5.41) is 22.2. The average Bonchev–Trinajstić information content (AvgIpc) is 2.76. The molecular weight excluding hydrogens is 220 g/mol. The Morgan fingerprint density at radius 2 is 2.06 bits per heavy atom. The summed E-state index contributed by atoms with van der Waals surface area (Å²) < 4.78 is 1.23. The fourth-order valence-corrected chi connectivity index (χ4v) is 1.38. The van der Waals surface area contributed by atoms with Crippen LogP contribution >= 0.6 is 0 Å². The molecule has 0 radical (unpaired) electrons. The minimum atomic E-state index is -1.05. The number of aromatic hydroxyl groups is 1. The maximum Gasteiger partial charge on any atom is 0.354 e. The van der Waals surface area contributed by atoms with Crippen molar-refractivity contribution in [1.82, 2.24) is 9.78 Å².